The molecular formula is C14H16N2O3. The average Bonchev–Trinajstić information content (AvgIpc) is 2.88. The maximum atomic E-state index is 11.1. The molecule has 19 heavy (non-hydrogen) atoms. The Labute approximate surface area is 111 Å². The number of carbonyl (C=O) groups excluding carboxylic acids is 1. The molecule has 0 aliphatic rings. The Morgan fingerprint density at radius 2 is 2.11 bits per heavy atom. The molecule has 1 aromatic heterocycles. The van der Waals surface area contributed by atoms with Crippen LogP contribution in [0.5, 0.6) is 0 Å². The molecule has 5 heteroatoms. The van der Waals surface area contributed by atoms with Crippen LogP contribution in [0.4, 0.5) is 0 Å². The maximum Gasteiger partial charge on any atom is 0.319 e. The molecule has 0 unspecified atom stereocenters. The molecule has 0 amide bonds. The van der Waals surface area contributed by atoms with Crippen molar-refractivity contribution in [3.63, 3.8) is 0 Å². The summed E-state index contributed by atoms with van der Waals surface area (Å²) in [4.78, 5) is 17.1. The van der Waals surface area contributed by atoms with Crippen molar-refractivity contribution in [2.24, 2.45) is 0 Å². The molecule has 100 valence electrons. The predicted octanol–water partition coefficient (Wildman–Crippen LogP) is 1.95. The first-order valence-corrected chi connectivity index (χ1v) is 5.94. The molecule has 5 nitrogen and oxygen atoms in total. The Morgan fingerprint density at radius 3 is 2.79 bits per heavy atom. The Bertz CT molecular complexity index is 537. The summed E-state index contributed by atoms with van der Waals surface area (Å²) >= 11 is 0. The number of esters is 1. The van der Waals surface area contributed by atoms with Gasteiger partial charge < -0.3 is 9.15 Å². The number of benzene rings is 1. The SMILES string of the molecule is COC(=O)CN(C)Cc1ncc(-c2ccccc2)o1. The van der Waals surface area contributed by atoms with Gasteiger partial charge in [0.1, 0.15) is 0 Å². The van der Waals surface area contributed by atoms with Gasteiger partial charge in [0, 0.05) is 5.56 Å². The van der Waals surface area contributed by atoms with Crippen LogP contribution in [-0.4, -0.2) is 36.6 Å². The predicted molar refractivity (Wildman–Crippen MR) is 70.3 cm³/mol. The Kier molecular flexibility index (Phi) is 4.30. The van der Waals surface area contributed by atoms with Gasteiger partial charge in [-0.2, -0.15) is 0 Å². The normalized spacial score (nSPS) is 10.7. The van der Waals surface area contributed by atoms with Gasteiger partial charge in [-0.3, -0.25) is 9.69 Å². The van der Waals surface area contributed by atoms with Crippen LogP contribution >= 0.6 is 0 Å². The maximum absolute atomic E-state index is 11.1. The number of oxazole rings is 1. The van der Waals surface area contributed by atoms with Crippen LogP contribution in [0.15, 0.2) is 40.9 Å². The lowest BCUT2D eigenvalue weighted by Crippen LogP contribution is -2.26. The zero-order chi connectivity index (χ0) is 13.7. The van der Waals surface area contributed by atoms with E-state index in [0.29, 0.717) is 12.4 Å². The van der Waals surface area contributed by atoms with E-state index < -0.39 is 0 Å². The van der Waals surface area contributed by atoms with E-state index in [1.54, 1.807) is 11.1 Å². The van der Waals surface area contributed by atoms with Crippen molar-refractivity contribution < 1.29 is 13.9 Å². The second kappa shape index (κ2) is 6.15. The fourth-order valence-electron chi connectivity index (χ4n) is 1.69. The fraction of sp³-hybridized carbons (Fsp3) is 0.286. The van der Waals surface area contributed by atoms with Gasteiger partial charge in [-0.1, -0.05) is 30.3 Å². The summed E-state index contributed by atoms with van der Waals surface area (Å²) in [5.74, 6) is 1.02. The van der Waals surface area contributed by atoms with Crippen LogP contribution in [0.3, 0.4) is 0 Å². The molecule has 0 saturated carbocycles. The summed E-state index contributed by atoms with van der Waals surface area (Å²) in [5, 5.41) is 0. The van der Waals surface area contributed by atoms with Crippen molar-refractivity contribution >= 4 is 5.97 Å². The average molecular weight is 260 g/mol. The molecule has 0 saturated heterocycles. The van der Waals surface area contributed by atoms with E-state index in [9.17, 15) is 4.79 Å². The number of carbonyl (C=O) groups is 1. The van der Waals surface area contributed by atoms with Gasteiger partial charge in [0.25, 0.3) is 0 Å². The Morgan fingerprint density at radius 1 is 1.37 bits per heavy atom. The topological polar surface area (TPSA) is 55.6 Å². The van der Waals surface area contributed by atoms with Crippen LogP contribution in [-0.2, 0) is 16.1 Å². The van der Waals surface area contributed by atoms with Crippen LogP contribution < -0.4 is 0 Å². The third-order valence-corrected chi connectivity index (χ3v) is 2.64. The minimum Gasteiger partial charge on any atom is -0.468 e. The summed E-state index contributed by atoms with van der Waals surface area (Å²) in [6, 6.07) is 9.76. The quantitative estimate of drug-likeness (QED) is 0.769. The monoisotopic (exact) mass is 260 g/mol. The van der Waals surface area contributed by atoms with Crippen LogP contribution in [0.25, 0.3) is 11.3 Å². The molecule has 0 fully saturated rings. The van der Waals surface area contributed by atoms with Crippen molar-refractivity contribution in [2.75, 3.05) is 20.7 Å². The molecule has 0 spiro atoms. The number of nitrogens with zero attached hydrogens (tertiary/aromatic N) is 2. The summed E-state index contributed by atoms with van der Waals surface area (Å²) in [6.45, 7) is 0.668. The van der Waals surface area contributed by atoms with Crippen molar-refractivity contribution in [1.82, 2.24) is 9.88 Å². The van der Waals surface area contributed by atoms with Gasteiger partial charge in [0.05, 0.1) is 26.4 Å². The van der Waals surface area contributed by atoms with E-state index in [1.807, 2.05) is 37.4 Å². The zero-order valence-electron chi connectivity index (χ0n) is 11.0. The molecule has 0 atom stereocenters. The van der Waals surface area contributed by atoms with Gasteiger partial charge in [-0.15, -0.1) is 0 Å². The van der Waals surface area contributed by atoms with Crippen molar-refractivity contribution in [3.05, 3.63) is 42.4 Å². The van der Waals surface area contributed by atoms with E-state index in [1.165, 1.54) is 7.11 Å². The van der Waals surface area contributed by atoms with E-state index in [-0.39, 0.29) is 12.5 Å². The van der Waals surface area contributed by atoms with E-state index in [2.05, 4.69) is 9.72 Å². The summed E-state index contributed by atoms with van der Waals surface area (Å²) in [5.41, 5.74) is 0.983. The van der Waals surface area contributed by atoms with Crippen LogP contribution in [0.2, 0.25) is 0 Å². The minimum atomic E-state index is -0.280. The Balaban J connectivity index is 2.00. The molecule has 0 radical (unpaired) electrons. The highest BCUT2D eigenvalue weighted by Gasteiger charge is 2.11. The molecule has 2 rings (SSSR count). The minimum absolute atomic E-state index is 0.208. The first-order valence-electron chi connectivity index (χ1n) is 5.94. The molecule has 1 heterocycles. The van der Waals surface area contributed by atoms with Crippen LogP contribution in [0.1, 0.15) is 5.89 Å². The number of aromatic nitrogens is 1. The summed E-state index contributed by atoms with van der Waals surface area (Å²) in [6.07, 6.45) is 1.69. The summed E-state index contributed by atoms with van der Waals surface area (Å²) in [7, 11) is 3.18. The number of rotatable bonds is 5. The second-order valence-corrected chi connectivity index (χ2v) is 4.23. The molecule has 0 bridgehead atoms. The smallest absolute Gasteiger partial charge is 0.319 e. The lowest BCUT2D eigenvalue weighted by atomic mass is 10.2. The van der Waals surface area contributed by atoms with Gasteiger partial charge in [-0.25, -0.2) is 4.98 Å². The number of likely N-dealkylation sites (N-methyl/N-ethyl adjacent to an activating group) is 1. The van der Waals surface area contributed by atoms with Crippen molar-refractivity contribution in [3.8, 4) is 11.3 Å². The zero-order valence-corrected chi connectivity index (χ0v) is 11.0. The summed E-state index contributed by atoms with van der Waals surface area (Å²) < 4.78 is 10.3. The number of methoxy groups -OCH3 is 1. The van der Waals surface area contributed by atoms with Gasteiger partial charge in [0.2, 0.25) is 5.89 Å². The molecule has 1 aromatic carbocycles. The van der Waals surface area contributed by atoms with Crippen molar-refractivity contribution in [2.45, 2.75) is 6.54 Å². The fourth-order valence-corrected chi connectivity index (χ4v) is 1.69. The van der Waals surface area contributed by atoms with E-state index >= 15 is 0 Å². The van der Waals surface area contributed by atoms with Crippen molar-refractivity contribution in [1.29, 1.82) is 0 Å². The highest BCUT2D eigenvalue weighted by molar-refractivity contribution is 5.71. The third-order valence-electron chi connectivity index (χ3n) is 2.64. The first kappa shape index (κ1) is 13.3. The molecular weight excluding hydrogens is 244 g/mol. The van der Waals surface area contributed by atoms with E-state index in [4.69, 9.17) is 4.42 Å². The number of hydrogen-bond donors (Lipinski definition) is 0. The first-order chi connectivity index (χ1) is 9.19. The Hall–Kier alpha value is -2.14. The van der Waals surface area contributed by atoms with Gasteiger partial charge in [0.15, 0.2) is 5.76 Å². The lowest BCUT2D eigenvalue weighted by Gasteiger charge is -2.12. The molecule has 2 aromatic rings. The van der Waals surface area contributed by atoms with Crippen LogP contribution in [0, 0.1) is 0 Å². The lowest BCUT2D eigenvalue weighted by molar-refractivity contribution is -0.141. The number of ether oxygens (including phenoxy) is 1. The second-order valence-electron chi connectivity index (χ2n) is 4.23. The van der Waals surface area contributed by atoms with Gasteiger partial charge in [-0.05, 0) is 7.05 Å². The number of hydrogen-bond acceptors (Lipinski definition) is 5. The third kappa shape index (κ3) is 3.66. The highest BCUT2D eigenvalue weighted by atomic mass is 16.5. The highest BCUT2D eigenvalue weighted by Crippen LogP contribution is 2.20. The molecule has 0 aliphatic carbocycles. The standard InChI is InChI=1S/C14H16N2O3/c1-16(10-14(17)18-2)9-13-15-8-12(19-13)11-6-4-3-5-7-11/h3-8H,9-10H2,1-2H3. The van der Waals surface area contributed by atoms with Gasteiger partial charge >= 0.3 is 5.97 Å². The molecule has 0 N–H and O–H groups in total. The largest absolute Gasteiger partial charge is 0.468 e. The van der Waals surface area contributed by atoms with E-state index in [0.717, 1.165) is 11.3 Å². The molecule has 0 aliphatic heterocycles.